The molecule has 0 aliphatic carbocycles. The van der Waals surface area contributed by atoms with Crippen LogP contribution in [0.3, 0.4) is 0 Å². The predicted octanol–water partition coefficient (Wildman–Crippen LogP) is 2.43. The second-order valence-corrected chi connectivity index (χ2v) is 8.82. The summed E-state index contributed by atoms with van der Waals surface area (Å²) in [4.78, 5) is -0.939. The Morgan fingerprint density at radius 1 is 1.14 bits per heavy atom. The standard InChI is InChI=1S/C15H19BF5NO5S/c1-13(2)14(3,4)27-16(26-13)9-5-6-11(10(7-9)25-15(19,20)21)28(23,24)22-8-12(17)18/h5-7,12,22H,8H2,1-4H3. The maximum atomic E-state index is 12.8. The third-order valence-electron chi connectivity index (χ3n) is 4.44. The fourth-order valence-corrected chi connectivity index (χ4v) is 3.44. The highest BCUT2D eigenvalue weighted by Crippen LogP contribution is 2.37. The number of nitrogens with one attached hydrogen (secondary N) is 1. The Kier molecular flexibility index (Phi) is 6.06. The number of rotatable bonds is 6. The molecule has 1 saturated heterocycles. The summed E-state index contributed by atoms with van der Waals surface area (Å²) in [5.74, 6) is -1.08. The molecular formula is C15H19BF5NO5S. The quantitative estimate of drug-likeness (QED) is 0.554. The number of alkyl halides is 5. The Morgan fingerprint density at radius 2 is 1.68 bits per heavy atom. The average Bonchev–Trinajstić information content (AvgIpc) is 2.72. The van der Waals surface area contributed by atoms with E-state index in [1.54, 1.807) is 27.7 Å². The summed E-state index contributed by atoms with van der Waals surface area (Å²) < 4.78 is 104. The smallest absolute Gasteiger partial charge is 0.404 e. The molecule has 0 unspecified atom stereocenters. The summed E-state index contributed by atoms with van der Waals surface area (Å²) in [6, 6.07) is 2.78. The van der Waals surface area contributed by atoms with Gasteiger partial charge in [0.1, 0.15) is 10.6 Å². The van der Waals surface area contributed by atoms with Crippen LogP contribution in [-0.4, -0.2) is 46.1 Å². The molecule has 28 heavy (non-hydrogen) atoms. The molecule has 1 aromatic carbocycles. The molecule has 6 nitrogen and oxygen atoms in total. The maximum absolute atomic E-state index is 12.8. The zero-order valence-corrected chi connectivity index (χ0v) is 16.2. The van der Waals surface area contributed by atoms with Crippen molar-refractivity contribution in [1.29, 1.82) is 0 Å². The van der Waals surface area contributed by atoms with Gasteiger partial charge < -0.3 is 14.0 Å². The highest BCUT2D eigenvalue weighted by Gasteiger charge is 2.52. The van der Waals surface area contributed by atoms with E-state index in [0.29, 0.717) is 0 Å². The van der Waals surface area contributed by atoms with Crippen LogP contribution in [0.15, 0.2) is 23.1 Å². The average molecular weight is 431 g/mol. The zero-order chi connectivity index (χ0) is 21.5. The second kappa shape index (κ2) is 7.43. The molecule has 0 bridgehead atoms. The van der Waals surface area contributed by atoms with E-state index < -0.39 is 58.3 Å². The van der Waals surface area contributed by atoms with Crippen molar-refractivity contribution in [3.8, 4) is 5.75 Å². The van der Waals surface area contributed by atoms with Crippen LogP contribution in [0.2, 0.25) is 0 Å². The first-order valence-electron chi connectivity index (χ1n) is 8.07. The van der Waals surface area contributed by atoms with Crippen LogP contribution in [0.25, 0.3) is 0 Å². The normalized spacial score (nSPS) is 19.3. The predicted molar refractivity (Wildman–Crippen MR) is 90.0 cm³/mol. The first-order valence-corrected chi connectivity index (χ1v) is 9.55. The fraction of sp³-hybridized carbons (Fsp3) is 0.600. The Morgan fingerprint density at radius 3 is 2.14 bits per heavy atom. The van der Waals surface area contributed by atoms with E-state index in [1.165, 1.54) is 10.8 Å². The molecule has 0 radical (unpaired) electrons. The first-order chi connectivity index (χ1) is 12.5. The van der Waals surface area contributed by atoms with E-state index in [9.17, 15) is 30.4 Å². The van der Waals surface area contributed by atoms with Crippen molar-refractivity contribution in [2.75, 3.05) is 6.54 Å². The Balaban J connectivity index is 2.44. The lowest BCUT2D eigenvalue weighted by Crippen LogP contribution is -2.41. The molecule has 0 aromatic heterocycles. The van der Waals surface area contributed by atoms with E-state index in [1.807, 2.05) is 0 Å². The number of benzene rings is 1. The van der Waals surface area contributed by atoms with Crippen molar-refractivity contribution in [3.05, 3.63) is 18.2 Å². The van der Waals surface area contributed by atoms with Gasteiger partial charge in [-0.1, -0.05) is 6.07 Å². The van der Waals surface area contributed by atoms with Crippen molar-refractivity contribution in [3.63, 3.8) is 0 Å². The monoisotopic (exact) mass is 431 g/mol. The lowest BCUT2D eigenvalue weighted by Gasteiger charge is -2.32. The SMILES string of the molecule is CC1(C)OB(c2ccc(S(=O)(=O)NCC(F)F)c(OC(F)(F)F)c2)OC1(C)C. The molecule has 0 saturated carbocycles. The summed E-state index contributed by atoms with van der Waals surface area (Å²) in [7, 11) is -5.76. The van der Waals surface area contributed by atoms with Gasteiger partial charge in [0.25, 0.3) is 6.43 Å². The minimum Gasteiger partial charge on any atom is -0.404 e. The van der Waals surface area contributed by atoms with Gasteiger partial charge in [-0.2, -0.15) is 0 Å². The molecule has 13 heteroatoms. The van der Waals surface area contributed by atoms with Gasteiger partial charge in [0, 0.05) is 0 Å². The van der Waals surface area contributed by atoms with Crippen molar-refractivity contribution >= 4 is 22.6 Å². The molecule has 1 aliphatic heterocycles. The molecule has 1 aromatic rings. The Labute approximate surface area is 159 Å². The van der Waals surface area contributed by atoms with Crippen LogP contribution in [0.5, 0.6) is 5.75 Å². The zero-order valence-electron chi connectivity index (χ0n) is 15.4. The molecule has 1 heterocycles. The molecular weight excluding hydrogens is 412 g/mol. The summed E-state index contributed by atoms with van der Waals surface area (Å²) >= 11 is 0. The van der Waals surface area contributed by atoms with E-state index in [2.05, 4.69) is 4.74 Å². The van der Waals surface area contributed by atoms with Crippen molar-refractivity contribution in [2.24, 2.45) is 0 Å². The van der Waals surface area contributed by atoms with E-state index in [4.69, 9.17) is 9.31 Å². The summed E-state index contributed by atoms with van der Waals surface area (Å²) in [6.07, 6.45) is -8.23. The van der Waals surface area contributed by atoms with Gasteiger partial charge in [-0.15, -0.1) is 13.2 Å². The maximum Gasteiger partial charge on any atom is 0.573 e. The molecule has 1 N–H and O–H groups in total. The summed E-state index contributed by atoms with van der Waals surface area (Å²) in [5, 5.41) is 0. The largest absolute Gasteiger partial charge is 0.573 e. The number of halogens is 5. The second-order valence-electron chi connectivity index (χ2n) is 7.09. The first kappa shape index (κ1) is 22.8. The molecule has 0 spiro atoms. The number of hydrogen-bond donors (Lipinski definition) is 1. The molecule has 0 amide bonds. The third-order valence-corrected chi connectivity index (χ3v) is 5.90. The fourth-order valence-electron chi connectivity index (χ4n) is 2.33. The van der Waals surface area contributed by atoms with E-state index >= 15 is 0 Å². The summed E-state index contributed by atoms with van der Waals surface area (Å²) in [5.41, 5.74) is -1.50. The topological polar surface area (TPSA) is 73.9 Å². The van der Waals surface area contributed by atoms with Crippen molar-refractivity contribution in [1.82, 2.24) is 4.72 Å². The molecule has 1 fully saturated rings. The highest BCUT2D eigenvalue weighted by atomic mass is 32.2. The number of hydrogen-bond acceptors (Lipinski definition) is 5. The third kappa shape index (κ3) is 5.13. The molecule has 158 valence electrons. The van der Waals surface area contributed by atoms with Gasteiger partial charge in [-0.25, -0.2) is 21.9 Å². The minimum atomic E-state index is -5.21. The van der Waals surface area contributed by atoms with Crippen LogP contribution in [-0.2, 0) is 19.3 Å². The van der Waals surface area contributed by atoms with Crippen LogP contribution in [0, 0.1) is 0 Å². The van der Waals surface area contributed by atoms with Gasteiger partial charge in [0.2, 0.25) is 10.0 Å². The number of ether oxygens (including phenoxy) is 1. The van der Waals surface area contributed by atoms with E-state index in [-0.39, 0.29) is 5.46 Å². The van der Waals surface area contributed by atoms with Crippen LogP contribution < -0.4 is 14.9 Å². The van der Waals surface area contributed by atoms with Crippen molar-refractivity contribution < 1.29 is 44.4 Å². The summed E-state index contributed by atoms with van der Waals surface area (Å²) in [6.45, 7) is 5.66. The lowest BCUT2D eigenvalue weighted by atomic mass is 9.79. The lowest BCUT2D eigenvalue weighted by molar-refractivity contribution is -0.275. The van der Waals surface area contributed by atoms with Gasteiger partial charge in [-0.05, 0) is 45.3 Å². The van der Waals surface area contributed by atoms with Gasteiger partial charge in [-0.3, -0.25) is 0 Å². The van der Waals surface area contributed by atoms with Gasteiger partial charge in [0.05, 0.1) is 17.7 Å². The minimum absolute atomic E-state index is 0.0747. The number of sulfonamides is 1. The molecule has 1 aliphatic rings. The van der Waals surface area contributed by atoms with Gasteiger partial charge in [0.15, 0.2) is 0 Å². The van der Waals surface area contributed by atoms with Crippen LogP contribution in [0.1, 0.15) is 27.7 Å². The Bertz CT molecular complexity index is 813. The van der Waals surface area contributed by atoms with Crippen molar-refractivity contribution in [2.45, 2.75) is 56.6 Å². The van der Waals surface area contributed by atoms with E-state index in [0.717, 1.165) is 12.1 Å². The van der Waals surface area contributed by atoms with Gasteiger partial charge >= 0.3 is 13.5 Å². The molecule has 0 atom stereocenters. The molecule has 2 rings (SSSR count). The van der Waals surface area contributed by atoms with Crippen LogP contribution >= 0.6 is 0 Å². The Hall–Kier alpha value is -1.44. The van der Waals surface area contributed by atoms with Crippen LogP contribution in [0.4, 0.5) is 22.0 Å². The highest BCUT2D eigenvalue weighted by molar-refractivity contribution is 7.89.